The molecule has 0 aromatic rings. The van der Waals surface area contributed by atoms with Gasteiger partial charge in [0.25, 0.3) is 5.91 Å². The summed E-state index contributed by atoms with van der Waals surface area (Å²) in [7, 11) is 0. The molecular formula is C9H13N3O5. The molecule has 0 unspecified atom stereocenters. The molecule has 8 nitrogen and oxygen atoms in total. The third kappa shape index (κ3) is 9.91. The van der Waals surface area contributed by atoms with Crippen LogP contribution in [0.3, 0.4) is 0 Å². The third-order valence-corrected chi connectivity index (χ3v) is 1.40. The second kappa shape index (κ2) is 7.85. The number of carbonyl (C=O) groups excluding carboxylic acids is 3. The highest BCUT2D eigenvalue weighted by Gasteiger charge is 2.03. The fourth-order valence-electron chi connectivity index (χ4n) is 0.759. The molecule has 0 heterocycles. The molecule has 0 radical (unpaired) electrons. The first-order valence-corrected chi connectivity index (χ1v) is 4.66. The number of carboxylic acids is 1. The molecule has 0 saturated carbocycles. The van der Waals surface area contributed by atoms with Crippen molar-refractivity contribution in [2.24, 2.45) is 0 Å². The Labute approximate surface area is 97.1 Å². The van der Waals surface area contributed by atoms with Gasteiger partial charge in [-0.05, 0) is 0 Å². The number of aliphatic carboxylic acids is 1. The number of carbonyl (C=O) groups is 4. The van der Waals surface area contributed by atoms with Crippen molar-refractivity contribution in [2.45, 2.75) is 6.92 Å². The highest BCUT2D eigenvalue weighted by atomic mass is 16.4. The van der Waals surface area contributed by atoms with Gasteiger partial charge in [0.2, 0.25) is 5.91 Å². The molecule has 0 fully saturated rings. The first-order chi connectivity index (χ1) is 7.91. The predicted octanol–water partition coefficient (Wildman–Crippen LogP) is -1.41. The summed E-state index contributed by atoms with van der Waals surface area (Å²) in [6, 6.07) is -0.768. The lowest BCUT2D eigenvalue weighted by Crippen LogP contribution is -2.42. The van der Waals surface area contributed by atoms with Gasteiger partial charge >= 0.3 is 12.0 Å². The molecule has 8 heteroatoms. The second-order valence-electron chi connectivity index (χ2n) is 2.90. The van der Waals surface area contributed by atoms with Gasteiger partial charge in [0.15, 0.2) is 0 Å². The van der Waals surface area contributed by atoms with Crippen LogP contribution in [0, 0.1) is 0 Å². The van der Waals surface area contributed by atoms with Crippen molar-refractivity contribution in [1.82, 2.24) is 16.0 Å². The quantitative estimate of drug-likeness (QED) is 0.349. The molecule has 0 bridgehead atoms. The van der Waals surface area contributed by atoms with Crippen LogP contribution in [0.1, 0.15) is 6.92 Å². The van der Waals surface area contributed by atoms with Crippen molar-refractivity contribution in [3.8, 4) is 0 Å². The van der Waals surface area contributed by atoms with Crippen LogP contribution >= 0.6 is 0 Å². The summed E-state index contributed by atoms with van der Waals surface area (Å²) in [5, 5.41) is 14.8. The van der Waals surface area contributed by atoms with Crippen LogP contribution < -0.4 is 16.0 Å². The molecule has 0 aliphatic heterocycles. The second-order valence-corrected chi connectivity index (χ2v) is 2.90. The van der Waals surface area contributed by atoms with Crippen LogP contribution in [0.2, 0.25) is 0 Å². The zero-order chi connectivity index (χ0) is 13.3. The van der Waals surface area contributed by atoms with E-state index in [1.807, 2.05) is 5.32 Å². The highest BCUT2D eigenvalue weighted by Crippen LogP contribution is 1.75. The Balaban J connectivity index is 3.75. The molecule has 0 saturated heterocycles. The Morgan fingerprint density at radius 1 is 1.06 bits per heavy atom. The molecule has 0 aromatic heterocycles. The summed E-state index contributed by atoms with van der Waals surface area (Å²) in [5.74, 6) is -2.36. The minimum atomic E-state index is -1.29. The van der Waals surface area contributed by atoms with E-state index in [9.17, 15) is 19.2 Å². The molecule has 0 rings (SSSR count). The summed E-state index contributed by atoms with van der Waals surface area (Å²) >= 11 is 0. The third-order valence-electron chi connectivity index (χ3n) is 1.40. The fraction of sp³-hybridized carbons (Fsp3) is 0.333. The number of hydrogen-bond donors (Lipinski definition) is 4. The first kappa shape index (κ1) is 14.6. The summed E-state index contributed by atoms with van der Waals surface area (Å²) in [5.41, 5.74) is 0. The molecule has 0 atom stereocenters. The van der Waals surface area contributed by atoms with Crippen molar-refractivity contribution in [3.63, 3.8) is 0 Å². The van der Waals surface area contributed by atoms with E-state index in [0.29, 0.717) is 6.08 Å². The van der Waals surface area contributed by atoms with E-state index in [1.54, 1.807) is 0 Å². The summed E-state index contributed by atoms with van der Waals surface area (Å²) < 4.78 is 0. The lowest BCUT2D eigenvalue weighted by molar-refractivity contribution is -0.131. The average molecular weight is 243 g/mol. The molecule has 94 valence electrons. The van der Waals surface area contributed by atoms with Crippen molar-refractivity contribution in [2.75, 3.05) is 13.1 Å². The lowest BCUT2D eigenvalue weighted by atomic mass is 10.5. The normalized spacial score (nSPS) is 9.71. The van der Waals surface area contributed by atoms with Crippen LogP contribution in [0.25, 0.3) is 0 Å². The maximum Gasteiger partial charge on any atom is 0.328 e. The molecule has 0 spiro atoms. The smallest absolute Gasteiger partial charge is 0.328 e. The van der Waals surface area contributed by atoms with Crippen molar-refractivity contribution in [1.29, 1.82) is 0 Å². The summed E-state index contributed by atoms with van der Waals surface area (Å²) in [6.07, 6.45) is 1.33. The zero-order valence-corrected chi connectivity index (χ0v) is 9.15. The number of carboxylic acid groups (broad SMARTS) is 1. The van der Waals surface area contributed by atoms with E-state index in [4.69, 9.17) is 5.11 Å². The monoisotopic (exact) mass is 243 g/mol. The van der Waals surface area contributed by atoms with Crippen molar-refractivity contribution >= 4 is 23.8 Å². The van der Waals surface area contributed by atoms with E-state index < -0.39 is 17.9 Å². The molecule has 0 aromatic carbocycles. The molecule has 4 amide bonds. The average Bonchev–Trinajstić information content (AvgIpc) is 2.21. The van der Waals surface area contributed by atoms with Gasteiger partial charge in [0, 0.05) is 32.2 Å². The van der Waals surface area contributed by atoms with E-state index in [2.05, 4.69) is 10.6 Å². The van der Waals surface area contributed by atoms with Gasteiger partial charge in [0.1, 0.15) is 0 Å². The lowest BCUT2D eigenvalue weighted by Gasteiger charge is -2.05. The first-order valence-electron chi connectivity index (χ1n) is 4.66. The van der Waals surface area contributed by atoms with E-state index in [1.165, 1.54) is 6.92 Å². The number of urea groups is 1. The van der Waals surface area contributed by atoms with Gasteiger partial charge in [-0.3, -0.25) is 14.9 Å². The molecule has 4 N–H and O–H groups in total. The Bertz CT molecular complexity index is 351. The number of hydrogen-bond acceptors (Lipinski definition) is 4. The Kier molecular flexibility index (Phi) is 6.75. The number of nitrogens with one attached hydrogen (secondary N) is 3. The van der Waals surface area contributed by atoms with Gasteiger partial charge in [-0.25, -0.2) is 9.59 Å². The van der Waals surface area contributed by atoms with Crippen LogP contribution in [-0.4, -0.2) is 42.0 Å². The molecule has 17 heavy (non-hydrogen) atoms. The SMILES string of the molecule is CC(=O)NCCNC(=O)NC(=O)/C=C/C(=O)O. The number of rotatable bonds is 5. The molecular weight excluding hydrogens is 230 g/mol. The maximum absolute atomic E-state index is 11.0. The van der Waals surface area contributed by atoms with E-state index >= 15 is 0 Å². The van der Waals surface area contributed by atoms with Crippen LogP contribution in [0.15, 0.2) is 12.2 Å². The topological polar surface area (TPSA) is 125 Å². The van der Waals surface area contributed by atoms with E-state index in [-0.39, 0.29) is 19.0 Å². The van der Waals surface area contributed by atoms with Gasteiger partial charge < -0.3 is 15.7 Å². The highest BCUT2D eigenvalue weighted by molar-refractivity contribution is 6.02. The van der Waals surface area contributed by atoms with Gasteiger partial charge in [-0.15, -0.1) is 0 Å². The van der Waals surface area contributed by atoms with Crippen LogP contribution in [0.5, 0.6) is 0 Å². The number of amides is 4. The molecule has 0 aliphatic rings. The zero-order valence-electron chi connectivity index (χ0n) is 9.15. The van der Waals surface area contributed by atoms with Crippen LogP contribution in [-0.2, 0) is 14.4 Å². The largest absolute Gasteiger partial charge is 0.478 e. The van der Waals surface area contributed by atoms with Crippen molar-refractivity contribution < 1.29 is 24.3 Å². The summed E-state index contributed by atoms with van der Waals surface area (Å²) in [4.78, 5) is 42.4. The Morgan fingerprint density at radius 3 is 2.18 bits per heavy atom. The summed E-state index contributed by atoms with van der Waals surface area (Å²) in [6.45, 7) is 1.73. The van der Waals surface area contributed by atoms with Gasteiger partial charge in [-0.1, -0.05) is 0 Å². The minimum absolute atomic E-state index is 0.154. The minimum Gasteiger partial charge on any atom is -0.478 e. The maximum atomic E-state index is 11.0. The number of imide groups is 1. The predicted molar refractivity (Wildman–Crippen MR) is 57.0 cm³/mol. The Hall–Kier alpha value is -2.38. The van der Waals surface area contributed by atoms with Gasteiger partial charge in [-0.2, -0.15) is 0 Å². The van der Waals surface area contributed by atoms with Crippen molar-refractivity contribution in [3.05, 3.63) is 12.2 Å². The van der Waals surface area contributed by atoms with Crippen LogP contribution in [0.4, 0.5) is 4.79 Å². The fourth-order valence-corrected chi connectivity index (χ4v) is 0.759. The van der Waals surface area contributed by atoms with Gasteiger partial charge in [0.05, 0.1) is 0 Å². The van der Waals surface area contributed by atoms with E-state index in [0.717, 1.165) is 6.08 Å². The standard InChI is InChI=1S/C9H13N3O5/c1-6(13)10-4-5-11-9(17)12-7(14)2-3-8(15)16/h2-3H,4-5H2,1H3,(H,10,13)(H,15,16)(H2,11,12,14,17)/b3-2+. The Morgan fingerprint density at radius 2 is 1.65 bits per heavy atom. The molecule has 0 aliphatic carbocycles.